The molecule has 1 aliphatic rings. The van der Waals surface area contributed by atoms with Crippen LogP contribution >= 0.6 is 0 Å². The van der Waals surface area contributed by atoms with Crippen LogP contribution in [0.3, 0.4) is 0 Å². The molecule has 0 saturated carbocycles. The molecule has 0 spiro atoms. The fraction of sp³-hybridized carbons (Fsp3) is 0.533. The van der Waals surface area contributed by atoms with E-state index in [4.69, 9.17) is 0 Å². The number of benzene rings is 1. The van der Waals surface area contributed by atoms with Crippen molar-refractivity contribution < 1.29 is 9.90 Å². The average molecular weight is 262 g/mol. The van der Waals surface area contributed by atoms with E-state index in [1.54, 1.807) is 0 Å². The Kier molecular flexibility index (Phi) is 4.43. The Morgan fingerprint density at radius 1 is 1.53 bits per heavy atom. The van der Waals surface area contributed by atoms with Gasteiger partial charge in [0.25, 0.3) is 0 Å². The number of rotatable bonds is 4. The van der Waals surface area contributed by atoms with E-state index in [-0.39, 0.29) is 11.9 Å². The Hall–Kier alpha value is -1.55. The van der Waals surface area contributed by atoms with E-state index in [1.807, 2.05) is 36.1 Å². The van der Waals surface area contributed by atoms with Crippen molar-refractivity contribution >= 4 is 11.6 Å². The van der Waals surface area contributed by atoms with E-state index in [0.29, 0.717) is 19.5 Å². The molecule has 0 aliphatic carbocycles. The second-order valence-electron chi connectivity index (χ2n) is 5.16. The highest BCUT2D eigenvalue weighted by atomic mass is 16.3. The quantitative estimate of drug-likeness (QED) is 0.870. The number of fused-ring (bicyclic) bond motifs is 1. The first kappa shape index (κ1) is 13.9. The molecule has 2 unspecified atom stereocenters. The summed E-state index contributed by atoms with van der Waals surface area (Å²) in [6, 6.07) is 7.96. The molecule has 0 bridgehead atoms. The Labute approximate surface area is 114 Å². The van der Waals surface area contributed by atoms with Crippen molar-refractivity contribution in [1.29, 1.82) is 0 Å². The van der Waals surface area contributed by atoms with Crippen LogP contribution in [-0.4, -0.2) is 30.1 Å². The number of hydrogen-bond donors (Lipinski definition) is 2. The fourth-order valence-electron chi connectivity index (χ4n) is 2.37. The lowest BCUT2D eigenvalue weighted by atomic mass is 9.99. The zero-order valence-electron chi connectivity index (χ0n) is 11.6. The number of aliphatic hydroxyl groups excluding tert-OH is 1. The monoisotopic (exact) mass is 262 g/mol. The molecule has 1 amide bonds. The van der Waals surface area contributed by atoms with Gasteiger partial charge < -0.3 is 15.3 Å². The molecule has 1 aromatic rings. The number of carbonyl (C=O) groups excluding carboxylic acids is 1. The van der Waals surface area contributed by atoms with Gasteiger partial charge in [0.05, 0.1) is 12.6 Å². The standard InChI is InChI=1S/C15H22N2O2/c1-3-11(2)16-15(19)10-17-9-8-14(18)12-6-4-5-7-13(12)17/h4-7,11,14,18H,3,8-10H2,1-2H3,(H,16,19). The highest BCUT2D eigenvalue weighted by Gasteiger charge is 2.24. The van der Waals surface area contributed by atoms with Gasteiger partial charge in [-0.15, -0.1) is 0 Å². The first-order chi connectivity index (χ1) is 9.11. The molecule has 2 N–H and O–H groups in total. The summed E-state index contributed by atoms with van der Waals surface area (Å²) in [5, 5.41) is 12.9. The predicted molar refractivity (Wildman–Crippen MR) is 76.1 cm³/mol. The van der Waals surface area contributed by atoms with Gasteiger partial charge >= 0.3 is 0 Å². The number of aliphatic hydroxyl groups is 1. The van der Waals surface area contributed by atoms with Crippen molar-refractivity contribution in [2.24, 2.45) is 0 Å². The van der Waals surface area contributed by atoms with Gasteiger partial charge in [0, 0.05) is 23.8 Å². The van der Waals surface area contributed by atoms with Gasteiger partial charge in [-0.1, -0.05) is 25.1 Å². The molecule has 19 heavy (non-hydrogen) atoms. The van der Waals surface area contributed by atoms with Crippen LogP contribution in [-0.2, 0) is 4.79 Å². The van der Waals surface area contributed by atoms with Crippen LogP contribution in [0, 0.1) is 0 Å². The molecule has 0 saturated heterocycles. The fourth-order valence-corrected chi connectivity index (χ4v) is 2.37. The topological polar surface area (TPSA) is 52.6 Å². The minimum Gasteiger partial charge on any atom is -0.388 e. The van der Waals surface area contributed by atoms with E-state index in [9.17, 15) is 9.90 Å². The van der Waals surface area contributed by atoms with Gasteiger partial charge in [0.1, 0.15) is 0 Å². The van der Waals surface area contributed by atoms with Crippen molar-refractivity contribution in [3.8, 4) is 0 Å². The summed E-state index contributed by atoms with van der Waals surface area (Å²) in [5.74, 6) is 0.0422. The summed E-state index contributed by atoms with van der Waals surface area (Å²) in [5.41, 5.74) is 1.89. The minimum absolute atomic E-state index is 0.0422. The maximum Gasteiger partial charge on any atom is 0.239 e. The summed E-state index contributed by atoms with van der Waals surface area (Å²) < 4.78 is 0. The van der Waals surface area contributed by atoms with Crippen molar-refractivity contribution in [3.05, 3.63) is 29.8 Å². The summed E-state index contributed by atoms with van der Waals surface area (Å²) in [6.07, 6.45) is 1.19. The van der Waals surface area contributed by atoms with Crippen LogP contribution in [0.25, 0.3) is 0 Å². The molecule has 0 fully saturated rings. The van der Waals surface area contributed by atoms with Crippen LogP contribution in [0.2, 0.25) is 0 Å². The number of nitrogens with zero attached hydrogens (tertiary/aromatic N) is 1. The maximum atomic E-state index is 12.0. The summed E-state index contributed by atoms with van der Waals surface area (Å²) in [4.78, 5) is 14.0. The average Bonchev–Trinajstić information content (AvgIpc) is 2.42. The third kappa shape index (κ3) is 3.26. The zero-order valence-corrected chi connectivity index (χ0v) is 11.6. The smallest absolute Gasteiger partial charge is 0.239 e. The first-order valence-electron chi connectivity index (χ1n) is 6.93. The van der Waals surface area contributed by atoms with Gasteiger partial charge in [0.2, 0.25) is 5.91 Å². The normalized spacial score (nSPS) is 19.7. The van der Waals surface area contributed by atoms with Crippen LogP contribution < -0.4 is 10.2 Å². The molecule has 1 heterocycles. The number of anilines is 1. The lowest BCUT2D eigenvalue weighted by Gasteiger charge is -2.33. The Balaban J connectivity index is 2.06. The molecule has 0 aromatic heterocycles. The molecule has 4 heteroatoms. The highest BCUT2D eigenvalue weighted by Crippen LogP contribution is 2.32. The lowest BCUT2D eigenvalue weighted by molar-refractivity contribution is -0.120. The zero-order chi connectivity index (χ0) is 13.8. The van der Waals surface area contributed by atoms with Gasteiger partial charge in [-0.3, -0.25) is 4.79 Å². The third-order valence-corrected chi connectivity index (χ3v) is 3.66. The molecule has 1 aromatic carbocycles. The second kappa shape index (κ2) is 6.06. The van der Waals surface area contributed by atoms with Crippen molar-refractivity contribution in [2.45, 2.75) is 38.8 Å². The second-order valence-corrected chi connectivity index (χ2v) is 5.16. The van der Waals surface area contributed by atoms with E-state index in [2.05, 4.69) is 12.2 Å². The first-order valence-corrected chi connectivity index (χ1v) is 6.93. The number of para-hydroxylation sites is 1. The van der Waals surface area contributed by atoms with E-state index < -0.39 is 6.10 Å². The molecular formula is C15H22N2O2. The largest absolute Gasteiger partial charge is 0.388 e. The summed E-state index contributed by atoms with van der Waals surface area (Å²) in [7, 11) is 0. The molecule has 0 radical (unpaired) electrons. The Morgan fingerprint density at radius 2 is 2.26 bits per heavy atom. The molecule has 1 aliphatic heterocycles. The van der Waals surface area contributed by atoms with Crippen molar-refractivity contribution in [1.82, 2.24) is 5.32 Å². The molecular weight excluding hydrogens is 240 g/mol. The maximum absolute atomic E-state index is 12.0. The van der Waals surface area contributed by atoms with Crippen molar-refractivity contribution in [2.75, 3.05) is 18.0 Å². The SMILES string of the molecule is CCC(C)NC(=O)CN1CCC(O)c2ccccc21. The predicted octanol–water partition coefficient (Wildman–Crippen LogP) is 1.84. The van der Waals surface area contributed by atoms with Gasteiger partial charge in [-0.25, -0.2) is 0 Å². The highest BCUT2D eigenvalue weighted by molar-refractivity contribution is 5.82. The minimum atomic E-state index is -0.412. The van der Waals surface area contributed by atoms with Crippen molar-refractivity contribution in [3.63, 3.8) is 0 Å². The van der Waals surface area contributed by atoms with Gasteiger partial charge in [-0.05, 0) is 25.8 Å². The number of hydrogen-bond acceptors (Lipinski definition) is 3. The third-order valence-electron chi connectivity index (χ3n) is 3.66. The number of carbonyl (C=O) groups is 1. The van der Waals surface area contributed by atoms with E-state index >= 15 is 0 Å². The number of amides is 1. The Bertz CT molecular complexity index is 448. The summed E-state index contributed by atoms with van der Waals surface area (Å²) >= 11 is 0. The van der Waals surface area contributed by atoms with Crippen LogP contribution in [0.4, 0.5) is 5.69 Å². The molecule has 104 valence electrons. The van der Waals surface area contributed by atoms with Crippen LogP contribution in [0.5, 0.6) is 0 Å². The van der Waals surface area contributed by atoms with E-state index in [0.717, 1.165) is 17.7 Å². The van der Waals surface area contributed by atoms with Crippen LogP contribution in [0.1, 0.15) is 38.4 Å². The van der Waals surface area contributed by atoms with E-state index in [1.165, 1.54) is 0 Å². The molecule has 2 rings (SSSR count). The molecule has 2 atom stereocenters. The summed E-state index contributed by atoms with van der Waals surface area (Å²) in [6.45, 7) is 5.13. The Morgan fingerprint density at radius 3 is 3.00 bits per heavy atom. The lowest BCUT2D eigenvalue weighted by Crippen LogP contribution is -2.43. The van der Waals surface area contributed by atoms with Crippen LogP contribution in [0.15, 0.2) is 24.3 Å². The van der Waals surface area contributed by atoms with Gasteiger partial charge in [0.15, 0.2) is 0 Å². The number of nitrogens with one attached hydrogen (secondary N) is 1. The molecule has 4 nitrogen and oxygen atoms in total. The van der Waals surface area contributed by atoms with Gasteiger partial charge in [-0.2, -0.15) is 0 Å².